The molecule has 9 heteroatoms. The largest absolute Gasteiger partial charge is 0.348 e. The Morgan fingerprint density at radius 2 is 1.79 bits per heavy atom. The minimum Gasteiger partial charge on any atom is -0.348 e. The first-order chi connectivity index (χ1) is 15.8. The summed E-state index contributed by atoms with van der Waals surface area (Å²) in [6, 6.07) is 16.7. The lowest BCUT2D eigenvalue weighted by molar-refractivity contribution is 0.0951. The van der Waals surface area contributed by atoms with E-state index in [1.807, 2.05) is 32.0 Å². The minimum absolute atomic E-state index is 0.0814. The average molecular weight is 462 g/mol. The number of nitrogens with one attached hydrogen (secondary N) is 2. The summed E-state index contributed by atoms with van der Waals surface area (Å²) in [6.45, 7) is 4.08. The predicted octanol–water partition coefficient (Wildman–Crippen LogP) is 3.61. The van der Waals surface area contributed by atoms with Crippen LogP contribution < -0.4 is 10.0 Å². The number of carbonyl (C=O) groups excluding carboxylic acids is 1. The van der Waals surface area contributed by atoms with E-state index in [1.54, 1.807) is 41.5 Å². The molecule has 0 radical (unpaired) electrons. The molecular formula is C24H23N5O3S. The number of anilines is 1. The fourth-order valence-electron chi connectivity index (χ4n) is 3.24. The summed E-state index contributed by atoms with van der Waals surface area (Å²) in [4.78, 5) is 16.9. The van der Waals surface area contributed by atoms with Crippen molar-refractivity contribution in [2.24, 2.45) is 0 Å². The lowest BCUT2D eigenvalue weighted by Crippen LogP contribution is -2.23. The van der Waals surface area contributed by atoms with Crippen molar-refractivity contribution in [3.05, 3.63) is 102 Å². The van der Waals surface area contributed by atoms with Crippen LogP contribution in [0.2, 0.25) is 0 Å². The van der Waals surface area contributed by atoms with E-state index in [4.69, 9.17) is 0 Å². The van der Waals surface area contributed by atoms with Gasteiger partial charge in [0.05, 0.1) is 10.6 Å². The monoisotopic (exact) mass is 461 g/mol. The first-order valence-corrected chi connectivity index (χ1v) is 11.7. The van der Waals surface area contributed by atoms with Crippen molar-refractivity contribution < 1.29 is 13.2 Å². The van der Waals surface area contributed by atoms with Gasteiger partial charge in [0, 0.05) is 30.7 Å². The topological polar surface area (TPSA) is 106 Å². The molecule has 0 aliphatic carbocycles. The Bertz CT molecular complexity index is 1380. The van der Waals surface area contributed by atoms with Gasteiger partial charge in [-0.05, 0) is 79.1 Å². The second kappa shape index (κ2) is 9.25. The SMILES string of the molecule is Cc1cccc(NS(=O)(=O)c2ccc(C(=O)NCc3ccnc(-n4cccn4)c3)cc2)c1C. The highest BCUT2D eigenvalue weighted by atomic mass is 32.2. The van der Waals surface area contributed by atoms with Gasteiger partial charge in [-0.1, -0.05) is 12.1 Å². The molecule has 0 saturated carbocycles. The Morgan fingerprint density at radius 3 is 2.52 bits per heavy atom. The number of amides is 1. The van der Waals surface area contributed by atoms with Crippen LogP contribution in [0.1, 0.15) is 27.0 Å². The Hall–Kier alpha value is -3.98. The third-order valence-corrected chi connectivity index (χ3v) is 6.66. The molecular weight excluding hydrogens is 438 g/mol. The number of benzene rings is 2. The van der Waals surface area contributed by atoms with Crippen molar-refractivity contribution in [2.45, 2.75) is 25.3 Å². The van der Waals surface area contributed by atoms with Gasteiger partial charge in [-0.25, -0.2) is 18.1 Å². The fraction of sp³-hybridized carbons (Fsp3) is 0.125. The van der Waals surface area contributed by atoms with Gasteiger partial charge in [0.1, 0.15) is 0 Å². The number of aryl methyl sites for hydroxylation is 1. The van der Waals surface area contributed by atoms with Gasteiger partial charge in [0.15, 0.2) is 5.82 Å². The Kier molecular flexibility index (Phi) is 6.23. The van der Waals surface area contributed by atoms with Crippen LogP contribution in [0.4, 0.5) is 5.69 Å². The number of pyridine rings is 1. The van der Waals surface area contributed by atoms with E-state index < -0.39 is 10.0 Å². The zero-order valence-corrected chi connectivity index (χ0v) is 19.0. The van der Waals surface area contributed by atoms with E-state index in [9.17, 15) is 13.2 Å². The van der Waals surface area contributed by atoms with Crippen molar-refractivity contribution >= 4 is 21.6 Å². The van der Waals surface area contributed by atoms with Gasteiger partial charge >= 0.3 is 0 Å². The highest BCUT2D eigenvalue weighted by molar-refractivity contribution is 7.92. The second-order valence-corrected chi connectivity index (χ2v) is 9.22. The number of aromatic nitrogens is 3. The van der Waals surface area contributed by atoms with E-state index in [2.05, 4.69) is 20.1 Å². The van der Waals surface area contributed by atoms with E-state index in [1.165, 1.54) is 24.3 Å². The van der Waals surface area contributed by atoms with Gasteiger partial charge in [0.2, 0.25) is 0 Å². The summed E-state index contributed by atoms with van der Waals surface area (Å²) in [7, 11) is -3.77. The molecule has 0 aliphatic heterocycles. The maximum absolute atomic E-state index is 12.8. The standard InChI is InChI=1S/C24H23N5O3S/c1-17-5-3-6-22(18(17)2)28-33(31,32)21-9-7-20(8-10-21)24(30)26-16-19-11-13-25-23(15-19)29-14-4-12-27-29/h3-15,28H,16H2,1-2H3,(H,26,30). The average Bonchev–Trinajstić information content (AvgIpc) is 3.36. The maximum Gasteiger partial charge on any atom is 0.261 e. The molecule has 2 aromatic heterocycles. The van der Waals surface area contributed by atoms with Crippen molar-refractivity contribution in [2.75, 3.05) is 4.72 Å². The lowest BCUT2D eigenvalue weighted by atomic mass is 10.1. The second-order valence-electron chi connectivity index (χ2n) is 7.53. The summed E-state index contributed by atoms with van der Waals surface area (Å²) in [6.07, 6.45) is 5.11. The van der Waals surface area contributed by atoms with Gasteiger partial charge in [-0.2, -0.15) is 5.10 Å². The summed E-state index contributed by atoms with van der Waals surface area (Å²) >= 11 is 0. The first-order valence-electron chi connectivity index (χ1n) is 10.3. The maximum atomic E-state index is 12.8. The van der Waals surface area contributed by atoms with E-state index in [0.717, 1.165) is 16.7 Å². The van der Waals surface area contributed by atoms with Crippen LogP contribution in [0.25, 0.3) is 5.82 Å². The molecule has 4 aromatic rings. The normalized spacial score (nSPS) is 11.2. The smallest absolute Gasteiger partial charge is 0.261 e. The van der Waals surface area contributed by atoms with Gasteiger partial charge in [0.25, 0.3) is 15.9 Å². The number of hydrogen-bond donors (Lipinski definition) is 2. The Labute approximate surface area is 192 Å². The molecule has 4 rings (SSSR count). The Morgan fingerprint density at radius 1 is 1.00 bits per heavy atom. The van der Waals surface area contributed by atoms with E-state index >= 15 is 0 Å². The molecule has 0 bridgehead atoms. The molecule has 8 nitrogen and oxygen atoms in total. The summed E-state index contributed by atoms with van der Waals surface area (Å²) < 4.78 is 29.8. The lowest BCUT2D eigenvalue weighted by Gasteiger charge is -2.12. The number of sulfonamides is 1. The number of hydrogen-bond acceptors (Lipinski definition) is 5. The van der Waals surface area contributed by atoms with Gasteiger partial charge < -0.3 is 5.32 Å². The molecule has 1 amide bonds. The molecule has 2 N–H and O–H groups in total. The zero-order chi connectivity index (χ0) is 23.4. The molecule has 2 heterocycles. The quantitative estimate of drug-likeness (QED) is 0.437. The third kappa shape index (κ3) is 5.09. The van der Waals surface area contributed by atoms with Crippen LogP contribution in [0, 0.1) is 13.8 Å². The van der Waals surface area contributed by atoms with Crippen LogP contribution in [0.3, 0.4) is 0 Å². The van der Waals surface area contributed by atoms with Crippen molar-refractivity contribution in [1.29, 1.82) is 0 Å². The van der Waals surface area contributed by atoms with Crippen LogP contribution in [0.15, 0.2) is 84.1 Å². The Balaban J connectivity index is 1.42. The van der Waals surface area contributed by atoms with Gasteiger partial charge in [-0.15, -0.1) is 0 Å². The third-order valence-electron chi connectivity index (χ3n) is 5.28. The molecule has 0 atom stereocenters. The van der Waals surface area contributed by atoms with Gasteiger partial charge in [-0.3, -0.25) is 9.52 Å². The summed E-state index contributed by atoms with van der Waals surface area (Å²) in [5.41, 5.74) is 3.61. The molecule has 0 unspecified atom stereocenters. The molecule has 0 fully saturated rings. The zero-order valence-electron chi connectivity index (χ0n) is 18.2. The van der Waals surface area contributed by atoms with Crippen molar-refractivity contribution in [1.82, 2.24) is 20.1 Å². The highest BCUT2D eigenvalue weighted by Crippen LogP contribution is 2.22. The van der Waals surface area contributed by atoms with Crippen LogP contribution in [-0.2, 0) is 16.6 Å². The molecule has 0 spiro atoms. The predicted molar refractivity (Wildman–Crippen MR) is 126 cm³/mol. The van der Waals surface area contributed by atoms with Crippen molar-refractivity contribution in [3.63, 3.8) is 0 Å². The number of nitrogens with zero attached hydrogens (tertiary/aromatic N) is 3. The van der Waals surface area contributed by atoms with E-state index in [0.29, 0.717) is 23.6 Å². The van der Waals surface area contributed by atoms with Crippen LogP contribution in [-0.4, -0.2) is 29.1 Å². The first kappa shape index (κ1) is 22.2. The highest BCUT2D eigenvalue weighted by Gasteiger charge is 2.16. The molecule has 2 aromatic carbocycles. The molecule has 33 heavy (non-hydrogen) atoms. The van der Waals surface area contributed by atoms with E-state index in [-0.39, 0.29) is 10.8 Å². The molecule has 0 aliphatic rings. The number of rotatable bonds is 7. The summed E-state index contributed by atoms with van der Waals surface area (Å²) in [5.74, 6) is 0.344. The van der Waals surface area contributed by atoms with Crippen LogP contribution >= 0.6 is 0 Å². The number of carbonyl (C=O) groups is 1. The molecule has 0 saturated heterocycles. The fourth-order valence-corrected chi connectivity index (χ4v) is 4.36. The molecule has 168 valence electrons. The summed E-state index contributed by atoms with van der Waals surface area (Å²) in [5, 5.41) is 6.98. The van der Waals surface area contributed by atoms with Crippen molar-refractivity contribution in [3.8, 4) is 5.82 Å². The van der Waals surface area contributed by atoms with Crippen LogP contribution in [0.5, 0.6) is 0 Å². The minimum atomic E-state index is -3.77.